The van der Waals surface area contributed by atoms with Crippen LogP contribution in [0.3, 0.4) is 0 Å². The zero-order valence-corrected chi connectivity index (χ0v) is 60.4. The Morgan fingerprint density at radius 2 is 0.509 bits per heavy atom. The SMILES string of the molecule is C.C1=NN=C(c2ccc(C(=C(c3ccccc3)c3ccccc3)c3ccc(-c4nn[nH]n4)cc3)cc2)C1.C1=NN=C(c2ccc(C(=C(c3ccccc3)c3ccccc3)c3ccccc3)cc2)C1.c1cc(C(=C(c2ccc(-c3nnn[nH]3)cc2)c2ccc(-c3nnn[nH]3)cc2)c2ccc(-c3nnn[nH]3)cc2)ccc1C1=NN=NC1. The number of tetrazole rings is 4. The van der Waals surface area contributed by atoms with E-state index in [1.54, 1.807) is 0 Å². The van der Waals surface area contributed by atoms with Crippen LogP contribution in [0.15, 0.2) is 357 Å². The van der Waals surface area contributed by atoms with Gasteiger partial charge in [0.05, 0.1) is 17.1 Å². The molecule has 548 valence electrons. The summed E-state index contributed by atoms with van der Waals surface area (Å²) in [5.41, 5.74) is 29.6. The van der Waals surface area contributed by atoms with Crippen molar-refractivity contribution in [3.63, 3.8) is 0 Å². The Labute approximate surface area is 655 Å². The highest BCUT2D eigenvalue weighted by molar-refractivity contribution is 6.12. The number of aromatic amines is 4. The molecule has 23 nitrogen and oxygen atoms in total. The third-order valence-corrected chi connectivity index (χ3v) is 19.3. The largest absolute Gasteiger partial charge is 0.239 e. The monoisotopic (exact) mass is 1480 g/mol. The zero-order chi connectivity index (χ0) is 75.8. The zero-order valence-electron chi connectivity index (χ0n) is 60.4. The quantitative estimate of drug-likeness (QED) is 0.0549. The molecule has 12 aromatic carbocycles. The summed E-state index contributed by atoms with van der Waals surface area (Å²) in [5.74, 6) is 2.33. The van der Waals surface area contributed by atoms with Gasteiger partial charge in [0.15, 0.2) is 17.5 Å². The first-order valence-corrected chi connectivity index (χ1v) is 36.4. The van der Waals surface area contributed by atoms with E-state index in [4.69, 9.17) is 0 Å². The number of rotatable bonds is 19. The molecule has 4 N–H and O–H groups in total. The van der Waals surface area contributed by atoms with Crippen molar-refractivity contribution in [2.24, 2.45) is 35.8 Å². The minimum atomic E-state index is 0. The van der Waals surface area contributed by atoms with Crippen LogP contribution in [0.4, 0.5) is 0 Å². The molecule has 16 aromatic rings. The van der Waals surface area contributed by atoms with E-state index >= 15 is 0 Å². The van der Waals surface area contributed by atoms with Crippen LogP contribution in [-0.2, 0) is 0 Å². The van der Waals surface area contributed by atoms with Gasteiger partial charge in [-0.2, -0.15) is 30.7 Å². The fourth-order valence-corrected chi connectivity index (χ4v) is 13.8. The lowest BCUT2D eigenvalue weighted by Gasteiger charge is -2.19. The van der Waals surface area contributed by atoms with E-state index in [0.717, 1.165) is 136 Å². The minimum absolute atomic E-state index is 0. The maximum Gasteiger partial charge on any atom is 0.204 e. The molecule has 0 radical (unpaired) electrons. The molecule has 3 aliphatic heterocycles. The number of nitrogens with zero attached hydrogens (tertiary/aromatic N) is 19. The highest BCUT2D eigenvalue weighted by Gasteiger charge is 2.23. The van der Waals surface area contributed by atoms with Crippen LogP contribution in [-0.4, -0.2) is 119 Å². The molecule has 0 spiro atoms. The van der Waals surface area contributed by atoms with Gasteiger partial charge in [0.25, 0.3) is 0 Å². The lowest BCUT2D eigenvalue weighted by molar-refractivity contribution is 0.881. The van der Waals surface area contributed by atoms with Gasteiger partial charge >= 0.3 is 0 Å². The van der Waals surface area contributed by atoms with Gasteiger partial charge in [-0.3, -0.25) is 0 Å². The van der Waals surface area contributed by atoms with Crippen LogP contribution in [0.2, 0.25) is 0 Å². The molecule has 19 rings (SSSR count). The van der Waals surface area contributed by atoms with Gasteiger partial charge in [0.1, 0.15) is 6.54 Å². The Hall–Kier alpha value is -15.9. The number of aromatic nitrogens is 16. The van der Waals surface area contributed by atoms with Crippen molar-refractivity contribution in [3.8, 4) is 45.6 Å². The van der Waals surface area contributed by atoms with Crippen molar-refractivity contribution in [3.05, 3.63) is 405 Å². The van der Waals surface area contributed by atoms with Gasteiger partial charge in [0.2, 0.25) is 5.82 Å². The predicted molar refractivity (Wildman–Crippen MR) is 447 cm³/mol. The average Bonchev–Trinajstić information content (AvgIpc) is 1.26. The van der Waals surface area contributed by atoms with Crippen LogP contribution >= 0.6 is 0 Å². The fourth-order valence-electron chi connectivity index (χ4n) is 13.8. The molecule has 0 fully saturated rings. The van der Waals surface area contributed by atoms with E-state index in [1.807, 2.05) is 73.1 Å². The molecule has 3 aliphatic rings. The van der Waals surface area contributed by atoms with Gasteiger partial charge in [0, 0.05) is 47.5 Å². The van der Waals surface area contributed by atoms with E-state index in [9.17, 15) is 0 Å². The van der Waals surface area contributed by atoms with E-state index in [0.29, 0.717) is 29.8 Å². The lowest BCUT2D eigenvalue weighted by atomic mass is 9.84. The standard InChI is InChI=1S/C31H21N15.C30H22N6.C29H22N2.CH4/c1-3-19(4-2-18(1)26-17-32-40-33-26)27(20-5-11-23(12-6-20)29-34-41-42-35-29)28(21-7-13-24(14-8-21)30-36-43-44-37-30)22-9-15-25(16-10-22)31-38-45-46-39-31;1-3-7-22(8-4-1)28(23-9-5-2-6-10-23)29(24-13-11-21(12-14-24)27-19-20-31-32-27)25-15-17-26(18-16-25)30-33-35-36-34-30;1-4-10-23(11-5-1)28(24-12-6-2-7-13-24)29(25-14-8-3-9-15-25)26-18-16-22(17-19-26)27-20-21-30-31-27;/h1-16H,17H2,(H,34,35,41,42)(H,36,37,43,44)(H,38,39,45,46);1-18,20H,19H2,(H,33,34,35,36);1-19,21H,20H2;1H4. The summed E-state index contributed by atoms with van der Waals surface area (Å²) in [6, 6.07) is 111. The van der Waals surface area contributed by atoms with Gasteiger partial charge < -0.3 is 0 Å². The Bertz CT molecular complexity index is 6010. The van der Waals surface area contributed by atoms with Crippen molar-refractivity contribution < 1.29 is 0 Å². The summed E-state index contributed by atoms with van der Waals surface area (Å²) in [6.07, 6.45) is 5.24. The first kappa shape index (κ1) is 72.3. The second-order valence-electron chi connectivity index (χ2n) is 26.1. The number of hydrogen-bond donors (Lipinski definition) is 4. The summed E-state index contributed by atoms with van der Waals surface area (Å²) in [7, 11) is 0. The maximum absolute atomic E-state index is 4.26. The second kappa shape index (κ2) is 34.5. The third-order valence-electron chi connectivity index (χ3n) is 19.3. The molecule has 0 aliphatic carbocycles. The smallest absolute Gasteiger partial charge is 0.204 e. The molecule has 7 heterocycles. The van der Waals surface area contributed by atoms with E-state index in [-0.39, 0.29) is 7.43 Å². The minimum Gasteiger partial charge on any atom is -0.239 e. The molecule has 0 saturated heterocycles. The number of benzene rings is 12. The van der Waals surface area contributed by atoms with E-state index in [2.05, 4.69) is 379 Å². The molecule has 0 amide bonds. The second-order valence-corrected chi connectivity index (χ2v) is 26.1. The van der Waals surface area contributed by atoms with Crippen molar-refractivity contribution in [1.29, 1.82) is 0 Å². The Kier molecular flexibility index (Phi) is 21.9. The normalized spacial score (nSPS) is 12.3. The van der Waals surface area contributed by atoms with Gasteiger partial charge in [-0.15, -0.1) is 30.6 Å². The van der Waals surface area contributed by atoms with Crippen LogP contribution in [0.25, 0.3) is 79.0 Å². The molecule has 0 bridgehead atoms. The third kappa shape index (κ3) is 16.3. The molecular formula is C91H69N23. The fraction of sp³-hybridized carbons (Fsp3) is 0.0440. The molecule has 0 saturated carbocycles. The lowest BCUT2D eigenvalue weighted by Crippen LogP contribution is -2.02. The summed E-state index contributed by atoms with van der Waals surface area (Å²) >= 11 is 0. The van der Waals surface area contributed by atoms with Crippen molar-refractivity contribution >= 4 is 63.0 Å². The molecule has 114 heavy (non-hydrogen) atoms. The van der Waals surface area contributed by atoms with Gasteiger partial charge in [-0.1, -0.05) is 329 Å². The van der Waals surface area contributed by atoms with Crippen LogP contribution in [0.1, 0.15) is 104 Å². The summed E-state index contributed by atoms with van der Waals surface area (Å²) in [5, 5.41) is 86.0. The van der Waals surface area contributed by atoms with Gasteiger partial charge in [-0.25, -0.2) is 15.3 Å². The molecule has 0 atom stereocenters. The Balaban J connectivity index is 0.000000131. The molecule has 23 heteroatoms. The highest BCUT2D eigenvalue weighted by atomic mass is 15.5. The summed E-state index contributed by atoms with van der Waals surface area (Å²) < 4.78 is 0. The maximum atomic E-state index is 4.26. The Morgan fingerprint density at radius 1 is 0.246 bits per heavy atom. The first-order chi connectivity index (χ1) is 56.1. The number of hydrogen-bond acceptors (Lipinski definition) is 19. The van der Waals surface area contributed by atoms with Crippen molar-refractivity contribution in [2.45, 2.75) is 20.3 Å². The molecular weight excluding hydrogens is 1420 g/mol. The summed E-state index contributed by atoms with van der Waals surface area (Å²) in [6.45, 7) is 0.464. The van der Waals surface area contributed by atoms with E-state index in [1.165, 1.54) is 33.4 Å². The van der Waals surface area contributed by atoms with E-state index < -0.39 is 0 Å². The number of H-pyrrole nitrogens is 4. The van der Waals surface area contributed by atoms with Crippen molar-refractivity contribution in [2.75, 3.05) is 6.54 Å². The topological polar surface area (TPSA) is 304 Å². The first-order valence-electron chi connectivity index (χ1n) is 36.4. The highest BCUT2D eigenvalue weighted by Crippen LogP contribution is 2.42. The molecule has 0 unspecified atom stereocenters. The van der Waals surface area contributed by atoms with Crippen LogP contribution in [0, 0.1) is 0 Å². The van der Waals surface area contributed by atoms with Gasteiger partial charge in [-0.05, 0) is 159 Å². The average molecular weight is 1480 g/mol. The number of nitrogens with one attached hydrogen (secondary N) is 4. The van der Waals surface area contributed by atoms with Crippen molar-refractivity contribution in [1.82, 2.24) is 82.5 Å². The molecule has 4 aromatic heterocycles. The predicted octanol–water partition coefficient (Wildman–Crippen LogP) is 18.0. The van der Waals surface area contributed by atoms with Crippen LogP contribution in [0.5, 0.6) is 0 Å². The Morgan fingerprint density at radius 3 is 0.737 bits per heavy atom. The van der Waals surface area contributed by atoms with Crippen LogP contribution < -0.4 is 0 Å². The summed E-state index contributed by atoms with van der Waals surface area (Å²) in [4.78, 5) is 0.